The number of ether oxygens (including phenoxy) is 2. The van der Waals surface area contributed by atoms with Crippen molar-refractivity contribution in [2.75, 3.05) is 20.8 Å². The molecule has 2 N–H and O–H groups in total. The molecule has 0 aliphatic rings. The van der Waals surface area contributed by atoms with Crippen molar-refractivity contribution < 1.29 is 19.1 Å². The van der Waals surface area contributed by atoms with Crippen LogP contribution in [0, 0.1) is 6.92 Å². The second-order valence-corrected chi connectivity index (χ2v) is 5.62. The van der Waals surface area contributed by atoms with Gasteiger partial charge in [-0.2, -0.15) is 0 Å². The summed E-state index contributed by atoms with van der Waals surface area (Å²) in [4.78, 5) is 25.8. The van der Waals surface area contributed by atoms with Gasteiger partial charge in [0.15, 0.2) is 0 Å². The lowest BCUT2D eigenvalue weighted by atomic mass is 10.1. The molecule has 0 atom stereocenters. The zero-order valence-corrected chi connectivity index (χ0v) is 14.6. The molecule has 2 aromatic rings. The molecular formula is C19H22N2O4. The maximum absolute atomic E-state index is 12.9. The first-order valence-corrected chi connectivity index (χ1v) is 7.80. The lowest BCUT2D eigenvalue weighted by molar-refractivity contribution is -0.118. The molecule has 0 aliphatic heterocycles. The van der Waals surface area contributed by atoms with Crippen LogP contribution < -0.4 is 15.2 Å². The summed E-state index contributed by atoms with van der Waals surface area (Å²) in [5.74, 6) is 0.192. The molecule has 0 saturated heterocycles. The lowest BCUT2D eigenvalue weighted by Crippen LogP contribution is -2.38. The normalized spacial score (nSPS) is 10.2. The average molecular weight is 342 g/mol. The number of primary amides is 1. The van der Waals surface area contributed by atoms with Crippen LogP contribution in [0.4, 0.5) is 0 Å². The standard InChI is InChI=1S/C19H22N2O4/c1-13-16(24-2)9-15(10-17(13)25-3)19(23)21(12-18(20)22)11-14-7-5-4-6-8-14/h4-10H,11-12H2,1-3H3,(H2,20,22). The van der Waals surface area contributed by atoms with Crippen molar-refractivity contribution >= 4 is 11.8 Å². The van der Waals surface area contributed by atoms with Gasteiger partial charge < -0.3 is 20.1 Å². The molecule has 6 nitrogen and oxygen atoms in total. The first-order chi connectivity index (χ1) is 12.0. The topological polar surface area (TPSA) is 81.9 Å². The molecule has 0 fully saturated rings. The second-order valence-electron chi connectivity index (χ2n) is 5.62. The Balaban J connectivity index is 2.37. The van der Waals surface area contributed by atoms with Crippen LogP contribution in [0.15, 0.2) is 42.5 Å². The van der Waals surface area contributed by atoms with Crippen LogP contribution in [0.5, 0.6) is 11.5 Å². The highest BCUT2D eigenvalue weighted by Gasteiger charge is 2.21. The van der Waals surface area contributed by atoms with Gasteiger partial charge in [0.2, 0.25) is 5.91 Å². The van der Waals surface area contributed by atoms with Crippen molar-refractivity contribution in [3.05, 3.63) is 59.2 Å². The molecule has 0 radical (unpaired) electrons. The van der Waals surface area contributed by atoms with Gasteiger partial charge in [-0.15, -0.1) is 0 Å². The number of carbonyl (C=O) groups is 2. The predicted octanol–water partition coefficient (Wildman–Crippen LogP) is 2.14. The van der Waals surface area contributed by atoms with Crippen molar-refractivity contribution in [1.29, 1.82) is 0 Å². The molecule has 132 valence electrons. The molecule has 0 heterocycles. The number of hydrogen-bond donors (Lipinski definition) is 1. The molecule has 6 heteroatoms. The molecular weight excluding hydrogens is 320 g/mol. The zero-order chi connectivity index (χ0) is 18.4. The van der Waals surface area contributed by atoms with E-state index in [-0.39, 0.29) is 19.0 Å². The molecule has 0 spiro atoms. The van der Waals surface area contributed by atoms with Crippen molar-refractivity contribution in [1.82, 2.24) is 4.90 Å². The Morgan fingerprint density at radius 2 is 1.60 bits per heavy atom. The Bertz CT molecular complexity index is 734. The summed E-state index contributed by atoms with van der Waals surface area (Å²) in [5.41, 5.74) is 7.39. The lowest BCUT2D eigenvalue weighted by Gasteiger charge is -2.22. The quantitative estimate of drug-likeness (QED) is 0.836. The van der Waals surface area contributed by atoms with Crippen molar-refractivity contribution in [2.45, 2.75) is 13.5 Å². The molecule has 0 unspecified atom stereocenters. The van der Waals surface area contributed by atoms with Crippen LogP contribution in [-0.4, -0.2) is 37.5 Å². The van der Waals surface area contributed by atoms with Crippen LogP contribution in [0.2, 0.25) is 0 Å². The molecule has 0 saturated carbocycles. The number of nitrogens with zero attached hydrogens (tertiary/aromatic N) is 1. The maximum Gasteiger partial charge on any atom is 0.254 e. The molecule has 25 heavy (non-hydrogen) atoms. The van der Waals surface area contributed by atoms with Gasteiger partial charge >= 0.3 is 0 Å². The third-order valence-corrected chi connectivity index (χ3v) is 3.85. The Morgan fingerprint density at radius 1 is 1.04 bits per heavy atom. The van der Waals surface area contributed by atoms with Crippen molar-refractivity contribution in [3.63, 3.8) is 0 Å². The van der Waals surface area contributed by atoms with E-state index in [1.807, 2.05) is 37.3 Å². The fourth-order valence-corrected chi connectivity index (χ4v) is 2.58. The third-order valence-electron chi connectivity index (χ3n) is 3.85. The molecule has 2 amide bonds. The summed E-state index contributed by atoms with van der Waals surface area (Å²) in [5, 5.41) is 0. The minimum atomic E-state index is -0.574. The number of nitrogens with two attached hydrogens (primary N) is 1. The Kier molecular flexibility index (Phi) is 6.00. The van der Waals surface area contributed by atoms with E-state index in [1.54, 1.807) is 12.1 Å². The first-order valence-electron chi connectivity index (χ1n) is 7.80. The van der Waals surface area contributed by atoms with E-state index >= 15 is 0 Å². The van der Waals surface area contributed by atoms with Gasteiger partial charge in [-0.25, -0.2) is 0 Å². The van der Waals surface area contributed by atoms with Gasteiger partial charge in [-0.1, -0.05) is 30.3 Å². The summed E-state index contributed by atoms with van der Waals surface area (Å²) in [6.45, 7) is 1.95. The third kappa shape index (κ3) is 4.50. The van der Waals surface area contributed by atoms with E-state index in [9.17, 15) is 9.59 Å². The number of benzene rings is 2. The molecule has 0 bridgehead atoms. The van der Waals surface area contributed by atoms with Crippen LogP contribution >= 0.6 is 0 Å². The largest absolute Gasteiger partial charge is 0.496 e. The molecule has 0 aromatic heterocycles. The first kappa shape index (κ1) is 18.3. The minimum Gasteiger partial charge on any atom is -0.496 e. The van der Waals surface area contributed by atoms with Gasteiger partial charge in [-0.3, -0.25) is 9.59 Å². The molecule has 2 aromatic carbocycles. The van der Waals surface area contributed by atoms with Gasteiger partial charge in [0.05, 0.1) is 20.8 Å². The van der Waals surface area contributed by atoms with Crippen LogP contribution in [0.1, 0.15) is 21.5 Å². The summed E-state index contributed by atoms with van der Waals surface area (Å²) in [6, 6.07) is 12.7. The maximum atomic E-state index is 12.9. The number of methoxy groups -OCH3 is 2. The van der Waals surface area contributed by atoms with E-state index in [0.717, 1.165) is 11.1 Å². The fraction of sp³-hybridized carbons (Fsp3) is 0.263. The highest BCUT2D eigenvalue weighted by atomic mass is 16.5. The number of rotatable bonds is 7. The Labute approximate surface area is 147 Å². The fourth-order valence-electron chi connectivity index (χ4n) is 2.58. The monoisotopic (exact) mass is 342 g/mol. The van der Waals surface area contributed by atoms with Crippen LogP contribution in [0.25, 0.3) is 0 Å². The van der Waals surface area contributed by atoms with Gasteiger partial charge in [0, 0.05) is 17.7 Å². The number of amides is 2. The van der Waals surface area contributed by atoms with Crippen molar-refractivity contribution in [3.8, 4) is 11.5 Å². The smallest absolute Gasteiger partial charge is 0.254 e. The highest BCUT2D eigenvalue weighted by molar-refractivity contribution is 5.97. The van der Waals surface area contributed by atoms with E-state index in [1.165, 1.54) is 19.1 Å². The predicted molar refractivity (Wildman–Crippen MR) is 94.7 cm³/mol. The SMILES string of the molecule is COc1cc(C(=O)N(CC(N)=O)Cc2ccccc2)cc(OC)c1C. The molecule has 2 rings (SSSR count). The van der Waals surface area contributed by atoms with Gasteiger partial charge in [-0.05, 0) is 24.6 Å². The van der Waals surface area contributed by atoms with E-state index < -0.39 is 5.91 Å². The van der Waals surface area contributed by atoms with E-state index in [4.69, 9.17) is 15.2 Å². The second kappa shape index (κ2) is 8.19. The van der Waals surface area contributed by atoms with E-state index in [2.05, 4.69) is 0 Å². The van der Waals surface area contributed by atoms with Gasteiger partial charge in [0.25, 0.3) is 5.91 Å². The summed E-state index contributed by atoms with van der Waals surface area (Å²) < 4.78 is 10.6. The van der Waals surface area contributed by atoms with Crippen LogP contribution in [-0.2, 0) is 11.3 Å². The Hall–Kier alpha value is -3.02. The summed E-state index contributed by atoms with van der Waals surface area (Å²) in [7, 11) is 3.06. The van der Waals surface area contributed by atoms with Crippen LogP contribution in [0.3, 0.4) is 0 Å². The molecule has 0 aliphatic carbocycles. The average Bonchev–Trinajstić information content (AvgIpc) is 2.61. The summed E-state index contributed by atoms with van der Waals surface area (Å²) in [6.07, 6.45) is 0. The van der Waals surface area contributed by atoms with Gasteiger partial charge in [0.1, 0.15) is 11.5 Å². The Morgan fingerprint density at radius 3 is 2.08 bits per heavy atom. The summed E-state index contributed by atoms with van der Waals surface area (Å²) >= 11 is 0. The zero-order valence-electron chi connectivity index (χ0n) is 14.6. The van der Waals surface area contributed by atoms with Crippen molar-refractivity contribution in [2.24, 2.45) is 5.73 Å². The number of hydrogen-bond acceptors (Lipinski definition) is 4. The highest BCUT2D eigenvalue weighted by Crippen LogP contribution is 2.30. The van der Waals surface area contributed by atoms with E-state index in [0.29, 0.717) is 17.1 Å². The minimum absolute atomic E-state index is 0.174. The number of carbonyl (C=O) groups excluding carboxylic acids is 2.